The molecule has 0 aliphatic rings. The van der Waals surface area contributed by atoms with Crippen LogP contribution in [0.2, 0.25) is 0 Å². The normalized spacial score (nSPS) is 10.9. The number of para-hydroxylation sites is 1. The summed E-state index contributed by atoms with van der Waals surface area (Å²) in [4.78, 5) is 4.37. The summed E-state index contributed by atoms with van der Waals surface area (Å²) in [5, 5.41) is 7.88. The van der Waals surface area contributed by atoms with E-state index >= 15 is 0 Å². The zero-order valence-corrected chi connectivity index (χ0v) is 12.1. The molecule has 2 aromatic rings. The molecule has 2 rings (SSSR count). The summed E-state index contributed by atoms with van der Waals surface area (Å²) in [7, 11) is 0. The van der Waals surface area contributed by atoms with Crippen LogP contribution in [0.5, 0.6) is 0 Å². The first-order valence-corrected chi connectivity index (χ1v) is 7.51. The third-order valence-corrected chi connectivity index (χ3v) is 3.59. The van der Waals surface area contributed by atoms with Crippen molar-refractivity contribution >= 4 is 17.4 Å². The van der Waals surface area contributed by atoms with Gasteiger partial charge >= 0.3 is 0 Å². The maximum absolute atomic E-state index is 5.22. The van der Waals surface area contributed by atoms with Crippen molar-refractivity contribution in [1.29, 1.82) is 0 Å². The van der Waals surface area contributed by atoms with Gasteiger partial charge in [-0.3, -0.25) is 0 Å². The predicted molar refractivity (Wildman–Crippen MR) is 79.4 cm³/mol. The number of hydrogen-bond acceptors (Lipinski definition) is 5. The van der Waals surface area contributed by atoms with Crippen LogP contribution in [0.1, 0.15) is 25.6 Å². The first-order chi connectivity index (χ1) is 9.24. The summed E-state index contributed by atoms with van der Waals surface area (Å²) >= 11 is 1.82. The van der Waals surface area contributed by atoms with Crippen molar-refractivity contribution in [1.82, 2.24) is 10.1 Å². The van der Waals surface area contributed by atoms with Gasteiger partial charge in [0.15, 0.2) is 5.82 Å². The molecule has 1 N–H and O–H groups in total. The lowest BCUT2D eigenvalue weighted by atomic mass is 10.3. The predicted octanol–water partition coefficient (Wildman–Crippen LogP) is 3.37. The molecule has 0 atom stereocenters. The summed E-state index contributed by atoms with van der Waals surface area (Å²) in [5.41, 5.74) is 1.11. The third kappa shape index (κ3) is 4.95. The minimum absolute atomic E-state index is 0.585. The van der Waals surface area contributed by atoms with Gasteiger partial charge in [-0.15, -0.1) is 0 Å². The Bertz CT molecular complexity index is 484. The molecule has 5 heteroatoms. The average Bonchev–Trinajstić information content (AvgIpc) is 2.86. The molecule has 0 bridgehead atoms. The van der Waals surface area contributed by atoms with Crippen molar-refractivity contribution in [2.24, 2.45) is 0 Å². The molecule has 0 saturated heterocycles. The lowest BCUT2D eigenvalue weighted by molar-refractivity contribution is 0.376. The standard InChI is InChI=1S/C14H19N3OS/c1-11(2)19-10-13-16-14(18-17-13)8-9-15-12-6-4-3-5-7-12/h3-7,11,15H,8-10H2,1-2H3. The van der Waals surface area contributed by atoms with E-state index in [1.807, 2.05) is 42.1 Å². The number of thioether (sulfide) groups is 1. The SMILES string of the molecule is CC(C)SCc1noc(CCNc2ccccc2)n1. The molecule has 0 amide bonds. The van der Waals surface area contributed by atoms with Crippen LogP contribution in [-0.2, 0) is 12.2 Å². The van der Waals surface area contributed by atoms with E-state index in [1.165, 1.54) is 0 Å². The average molecular weight is 277 g/mol. The van der Waals surface area contributed by atoms with Gasteiger partial charge in [-0.2, -0.15) is 16.7 Å². The Kier molecular flexibility index (Phi) is 5.27. The first kappa shape index (κ1) is 13.9. The zero-order valence-electron chi connectivity index (χ0n) is 11.3. The van der Waals surface area contributed by atoms with E-state index in [4.69, 9.17) is 4.52 Å². The number of nitrogens with zero attached hydrogens (tertiary/aromatic N) is 2. The zero-order chi connectivity index (χ0) is 13.5. The fourth-order valence-corrected chi connectivity index (χ4v) is 2.16. The van der Waals surface area contributed by atoms with E-state index in [0.29, 0.717) is 11.1 Å². The minimum Gasteiger partial charge on any atom is -0.385 e. The van der Waals surface area contributed by atoms with Gasteiger partial charge in [0.25, 0.3) is 0 Å². The number of benzene rings is 1. The number of anilines is 1. The highest BCUT2D eigenvalue weighted by Gasteiger charge is 2.06. The molecule has 0 saturated carbocycles. The Morgan fingerprint density at radius 2 is 2.05 bits per heavy atom. The fourth-order valence-electron chi connectivity index (χ4n) is 1.56. The second kappa shape index (κ2) is 7.19. The monoisotopic (exact) mass is 277 g/mol. The van der Waals surface area contributed by atoms with Gasteiger partial charge in [-0.25, -0.2) is 0 Å². The molecule has 0 radical (unpaired) electrons. The molecule has 0 unspecified atom stereocenters. The summed E-state index contributed by atoms with van der Waals surface area (Å²) in [6, 6.07) is 10.1. The lowest BCUT2D eigenvalue weighted by Crippen LogP contribution is -2.04. The van der Waals surface area contributed by atoms with Crippen LogP contribution < -0.4 is 5.32 Å². The van der Waals surface area contributed by atoms with Crippen LogP contribution >= 0.6 is 11.8 Å². The molecule has 1 aromatic carbocycles. The second-order valence-electron chi connectivity index (χ2n) is 4.51. The Morgan fingerprint density at radius 3 is 2.79 bits per heavy atom. The fraction of sp³-hybridized carbons (Fsp3) is 0.429. The molecule has 0 spiro atoms. The largest absolute Gasteiger partial charge is 0.385 e. The molecule has 0 aliphatic carbocycles. The number of hydrogen-bond donors (Lipinski definition) is 1. The quantitative estimate of drug-likeness (QED) is 0.841. The highest BCUT2D eigenvalue weighted by Crippen LogP contribution is 2.15. The number of aromatic nitrogens is 2. The number of nitrogens with one attached hydrogen (secondary N) is 1. The minimum atomic E-state index is 0.585. The van der Waals surface area contributed by atoms with Crippen LogP contribution in [0.15, 0.2) is 34.9 Å². The molecule has 4 nitrogen and oxygen atoms in total. The summed E-state index contributed by atoms with van der Waals surface area (Å²) in [6.45, 7) is 5.12. The molecule has 1 heterocycles. The van der Waals surface area contributed by atoms with E-state index < -0.39 is 0 Å². The van der Waals surface area contributed by atoms with E-state index in [9.17, 15) is 0 Å². The molecule has 19 heavy (non-hydrogen) atoms. The summed E-state index contributed by atoms with van der Waals surface area (Å²) in [5.74, 6) is 2.30. The topological polar surface area (TPSA) is 51.0 Å². The molecule has 1 aromatic heterocycles. The smallest absolute Gasteiger partial charge is 0.228 e. The van der Waals surface area contributed by atoms with Crippen molar-refractivity contribution in [3.8, 4) is 0 Å². The Hall–Kier alpha value is -1.49. The van der Waals surface area contributed by atoms with Crippen molar-refractivity contribution in [3.63, 3.8) is 0 Å². The van der Waals surface area contributed by atoms with Gasteiger partial charge in [-0.1, -0.05) is 37.2 Å². The number of rotatable bonds is 7. The van der Waals surface area contributed by atoms with Gasteiger partial charge < -0.3 is 9.84 Å². The molecule has 102 valence electrons. The molecular formula is C14H19N3OS. The first-order valence-electron chi connectivity index (χ1n) is 6.46. The van der Waals surface area contributed by atoms with Gasteiger partial charge in [0.1, 0.15) is 0 Å². The Labute approximate surface area is 118 Å². The van der Waals surface area contributed by atoms with Crippen LogP contribution in [0.4, 0.5) is 5.69 Å². The van der Waals surface area contributed by atoms with Crippen molar-refractivity contribution < 1.29 is 4.52 Å². The van der Waals surface area contributed by atoms with Gasteiger partial charge in [0, 0.05) is 18.7 Å². The highest BCUT2D eigenvalue weighted by molar-refractivity contribution is 7.99. The van der Waals surface area contributed by atoms with Crippen molar-refractivity contribution in [2.45, 2.75) is 31.3 Å². The summed E-state index contributed by atoms with van der Waals surface area (Å²) in [6.07, 6.45) is 0.744. The van der Waals surface area contributed by atoms with Crippen molar-refractivity contribution in [2.75, 3.05) is 11.9 Å². The van der Waals surface area contributed by atoms with Gasteiger partial charge in [0.2, 0.25) is 5.89 Å². The van der Waals surface area contributed by atoms with Crippen molar-refractivity contribution in [3.05, 3.63) is 42.0 Å². The molecule has 0 fully saturated rings. The Morgan fingerprint density at radius 1 is 1.26 bits per heavy atom. The van der Waals surface area contributed by atoms with E-state index in [-0.39, 0.29) is 0 Å². The van der Waals surface area contributed by atoms with Crippen LogP contribution in [0.3, 0.4) is 0 Å². The second-order valence-corrected chi connectivity index (χ2v) is 6.07. The Balaban J connectivity index is 1.74. The van der Waals surface area contributed by atoms with Crippen LogP contribution in [0.25, 0.3) is 0 Å². The summed E-state index contributed by atoms with van der Waals surface area (Å²) < 4.78 is 5.22. The lowest BCUT2D eigenvalue weighted by Gasteiger charge is -2.03. The van der Waals surface area contributed by atoms with E-state index in [0.717, 1.165) is 30.2 Å². The highest BCUT2D eigenvalue weighted by atomic mass is 32.2. The maximum Gasteiger partial charge on any atom is 0.228 e. The van der Waals surface area contributed by atoms with E-state index in [2.05, 4.69) is 29.3 Å². The maximum atomic E-state index is 5.22. The molecule has 0 aliphatic heterocycles. The van der Waals surface area contributed by atoms with Gasteiger partial charge in [-0.05, 0) is 17.4 Å². The molecular weight excluding hydrogens is 258 g/mol. The van der Waals surface area contributed by atoms with Crippen LogP contribution in [0, 0.1) is 0 Å². The third-order valence-electron chi connectivity index (χ3n) is 2.50. The van der Waals surface area contributed by atoms with Gasteiger partial charge in [0.05, 0.1) is 5.75 Å². The van der Waals surface area contributed by atoms with E-state index in [1.54, 1.807) is 0 Å². The van der Waals surface area contributed by atoms with Crippen LogP contribution in [-0.4, -0.2) is 21.9 Å².